The van der Waals surface area contributed by atoms with E-state index in [0.29, 0.717) is 5.92 Å². The summed E-state index contributed by atoms with van der Waals surface area (Å²) in [7, 11) is 1.92. The zero-order chi connectivity index (χ0) is 10.7. The van der Waals surface area contributed by atoms with Crippen LogP contribution in [0.5, 0.6) is 0 Å². The van der Waals surface area contributed by atoms with Crippen LogP contribution in [0.1, 0.15) is 24.3 Å². The van der Waals surface area contributed by atoms with Gasteiger partial charge < -0.3 is 10.1 Å². The van der Waals surface area contributed by atoms with Gasteiger partial charge in [-0.15, -0.1) is 0 Å². The Morgan fingerprint density at radius 1 is 1.27 bits per heavy atom. The van der Waals surface area contributed by atoms with Crippen molar-refractivity contribution in [2.24, 2.45) is 0 Å². The lowest BCUT2D eigenvalue weighted by Gasteiger charge is -2.23. The Balaban J connectivity index is 2.22. The van der Waals surface area contributed by atoms with E-state index in [1.165, 1.54) is 5.56 Å². The van der Waals surface area contributed by atoms with Gasteiger partial charge in [0.15, 0.2) is 0 Å². The van der Waals surface area contributed by atoms with Crippen molar-refractivity contribution in [3.05, 3.63) is 28.8 Å². The molecule has 0 radical (unpaired) electrons. The van der Waals surface area contributed by atoms with Gasteiger partial charge in [-0.25, -0.2) is 0 Å². The minimum absolute atomic E-state index is 0.601. The van der Waals surface area contributed by atoms with Gasteiger partial charge >= 0.3 is 0 Å². The van der Waals surface area contributed by atoms with Gasteiger partial charge in [-0.05, 0) is 42.5 Å². The highest BCUT2D eigenvalue weighted by Crippen LogP contribution is 2.30. The Labute approximate surface area is 95.6 Å². The number of rotatable bonds is 2. The quantitative estimate of drug-likeness (QED) is 0.834. The molecule has 0 saturated carbocycles. The number of nitrogens with one attached hydrogen (secondary N) is 1. The molecule has 82 valence electrons. The number of hydrogen-bond acceptors (Lipinski definition) is 2. The first-order valence-electron chi connectivity index (χ1n) is 5.35. The molecule has 2 nitrogen and oxygen atoms in total. The van der Waals surface area contributed by atoms with E-state index in [0.717, 1.165) is 36.8 Å². The third kappa shape index (κ3) is 2.64. The Bertz CT molecular complexity index is 334. The van der Waals surface area contributed by atoms with Crippen LogP contribution in [0.4, 0.5) is 5.69 Å². The zero-order valence-electron chi connectivity index (χ0n) is 8.92. The first kappa shape index (κ1) is 10.8. The van der Waals surface area contributed by atoms with Crippen molar-refractivity contribution in [1.29, 1.82) is 0 Å². The minimum atomic E-state index is 0.601. The lowest BCUT2D eigenvalue weighted by molar-refractivity contribution is 0.0853. The van der Waals surface area contributed by atoms with Crippen LogP contribution in [0.3, 0.4) is 0 Å². The highest BCUT2D eigenvalue weighted by molar-refractivity contribution is 6.30. The Morgan fingerprint density at radius 3 is 2.67 bits per heavy atom. The number of halogens is 1. The second kappa shape index (κ2) is 4.86. The lowest BCUT2D eigenvalue weighted by atomic mass is 9.91. The minimum Gasteiger partial charge on any atom is -0.388 e. The molecule has 0 bridgehead atoms. The van der Waals surface area contributed by atoms with E-state index in [1.807, 2.05) is 13.1 Å². The Kier molecular flexibility index (Phi) is 3.49. The van der Waals surface area contributed by atoms with Crippen LogP contribution >= 0.6 is 11.6 Å². The summed E-state index contributed by atoms with van der Waals surface area (Å²) in [5.74, 6) is 0.601. The third-order valence-electron chi connectivity index (χ3n) is 2.90. The fourth-order valence-corrected chi connectivity index (χ4v) is 2.27. The van der Waals surface area contributed by atoms with Gasteiger partial charge in [0.2, 0.25) is 0 Å². The highest BCUT2D eigenvalue weighted by atomic mass is 35.5. The summed E-state index contributed by atoms with van der Waals surface area (Å²) in [6, 6.07) is 6.20. The standard InChI is InChI=1S/C12H16ClNO/c1-14-12-7-10(6-11(13)8-12)9-2-4-15-5-3-9/h6-9,14H,2-5H2,1H3. The maximum atomic E-state index is 6.08. The molecule has 0 aliphatic carbocycles. The molecule has 1 aliphatic rings. The van der Waals surface area contributed by atoms with Crippen LogP contribution < -0.4 is 5.32 Å². The lowest BCUT2D eigenvalue weighted by Crippen LogP contribution is -2.14. The van der Waals surface area contributed by atoms with Gasteiger partial charge in [-0.3, -0.25) is 0 Å². The van der Waals surface area contributed by atoms with E-state index in [4.69, 9.17) is 16.3 Å². The van der Waals surface area contributed by atoms with E-state index in [-0.39, 0.29) is 0 Å². The number of benzene rings is 1. The average Bonchev–Trinajstić information content (AvgIpc) is 2.29. The first-order valence-corrected chi connectivity index (χ1v) is 5.73. The second-order valence-electron chi connectivity index (χ2n) is 3.91. The van der Waals surface area contributed by atoms with Crippen LogP contribution in [-0.4, -0.2) is 20.3 Å². The normalized spacial score (nSPS) is 17.7. The molecular formula is C12H16ClNO. The second-order valence-corrected chi connectivity index (χ2v) is 4.35. The Hall–Kier alpha value is -0.730. The van der Waals surface area contributed by atoms with E-state index in [2.05, 4.69) is 17.4 Å². The average molecular weight is 226 g/mol. The molecule has 15 heavy (non-hydrogen) atoms. The van der Waals surface area contributed by atoms with Crippen molar-refractivity contribution in [3.8, 4) is 0 Å². The molecule has 1 aromatic rings. The SMILES string of the molecule is CNc1cc(Cl)cc(C2CCOCC2)c1. The number of ether oxygens (including phenoxy) is 1. The number of hydrogen-bond donors (Lipinski definition) is 1. The van der Waals surface area contributed by atoms with Gasteiger partial charge in [-0.1, -0.05) is 11.6 Å². The molecule has 1 heterocycles. The smallest absolute Gasteiger partial charge is 0.0471 e. The molecule has 1 N–H and O–H groups in total. The van der Waals surface area contributed by atoms with Crippen molar-refractivity contribution in [2.45, 2.75) is 18.8 Å². The van der Waals surface area contributed by atoms with Crippen molar-refractivity contribution < 1.29 is 4.74 Å². The molecule has 3 heteroatoms. The van der Waals surface area contributed by atoms with Crippen LogP contribution in [0.15, 0.2) is 18.2 Å². The van der Waals surface area contributed by atoms with E-state index in [1.54, 1.807) is 0 Å². The summed E-state index contributed by atoms with van der Waals surface area (Å²) in [5.41, 5.74) is 2.42. The van der Waals surface area contributed by atoms with Gasteiger partial charge in [0, 0.05) is 31.0 Å². The summed E-state index contributed by atoms with van der Waals surface area (Å²) < 4.78 is 5.36. The molecule has 0 amide bonds. The number of anilines is 1. The predicted molar refractivity (Wildman–Crippen MR) is 63.8 cm³/mol. The maximum Gasteiger partial charge on any atom is 0.0471 e. The molecule has 2 rings (SSSR count). The first-order chi connectivity index (χ1) is 7.29. The summed E-state index contributed by atoms with van der Waals surface area (Å²) in [5, 5.41) is 3.94. The van der Waals surface area contributed by atoms with E-state index in [9.17, 15) is 0 Å². The van der Waals surface area contributed by atoms with E-state index < -0.39 is 0 Å². The fraction of sp³-hybridized carbons (Fsp3) is 0.500. The molecule has 0 unspecified atom stereocenters. The largest absolute Gasteiger partial charge is 0.388 e. The zero-order valence-corrected chi connectivity index (χ0v) is 9.68. The van der Waals surface area contributed by atoms with E-state index >= 15 is 0 Å². The topological polar surface area (TPSA) is 21.3 Å². The van der Waals surface area contributed by atoms with Crippen molar-refractivity contribution in [1.82, 2.24) is 0 Å². The van der Waals surface area contributed by atoms with Crippen LogP contribution in [0.2, 0.25) is 5.02 Å². The molecular weight excluding hydrogens is 210 g/mol. The molecule has 0 spiro atoms. The molecule has 0 aromatic heterocycles. The summed E-state index contributed by atoms with van der Waals surface area (Å²) in [6.07, 6.45) is 2.20. The summed E-state index contributed by atoms with van der Waals surface area (Å²) in [6.45, 7) is 1.73. The summed E-state index contributed by atoms with van der Waals surface area (Å²) >= 11 is 6.08. The highest BCUT2D eigenvalue weighted by Gasteiger charge is 2.16. The van der Waals surface area contributed by atoms with Crippen molar-refractivity contribution in [3.63, 3.8) is 0 Å². The molecule has 1 fully saturated rings. The van der Waals surface area contributed by atoms with Crippen LogP contribution in [-0.2, 0) is 4.74 Å². The third-order valence-corrected chi connectivity index (χ3v) is 3.12. The van der Waals surface area contributed by atoms with Crippen LogP contribution in [0, 0.1) is 0 Å². The molecule has 1 aliphatic heterocycles. The molecule has 1 saturated heterocycles. The van der Waals surface area contributed by atoms with Gasteiger partial charge in [0.05, 0.1) is 0 Å². The maximum absolute atomic E-state index is 6.08. The molecule has 0 atom stereocenters. The van der Waals surface area contributed by atoms with Crippen LogP contribution in [0.25, 0.3) is 0 Å². The Morgan fingerprint density at radius 2 is 2.00 bits per heavy atom. The fourth-order valence-electron chi connectivity index (χ4n) is 2.02. The van der Waals surface area contributed by atoms with Gasteiger partial charge in [0.1, 0.15) is 0 Å². The van der Waals surface area contributed by atoms with Gasteiger partial charge in [0.25, 0.3) is 0 Å². The molecule has 1 aromatic carbocycles. The van der Waals surface area contributed by atoms with Gasteiger partial charge in [-0.2, -0.15) is 0 Å². The monoisotopic (exact) mass is 225 g/mol. The predicted octanol–water partition coefficient (Wildman–Crippen LogP) is 3.28. The van der Waals surface area contributed by atoms with Crippen molar-refractivity contribution in [2.75, 3.05) is 25.6 Å². The summed E-state index contributed by atoms with van der Waals surface area (Å²) in [4.78, 5) is 0. The van der Waals surface area contributed by atoms with Crippen molar-refractivity contribution >= 4 is 17.3 Å².